The SMILES string of the molecule is COc1ccc(C(=O)CBr)c(OS(=O)(=O)c2ccc(C)cc2)c1. The van der Waals surface area contributed by atoms with Crippen molar-refractivity contribution in [1.29, 1.82) is 0 Å². The molecule has 0 amide bonds. The Hall–Kier alpha value is -1.86. The van der Waals surface area contributed by atoms with Gasteiger partial charge in [-0.3, -0.25) is 4.79 Å². The number of rotatable bonds is 6. The highest BCUT2D eigenvalue weighted by atomic mass is 79.9. The first-order chi connectivity index (χ1) is 10.9. The van der Waals surface area contributed by atoms with Crippen LogP contribution in [0.5, 0.6) is 11.5 Å². The van der Waals surface area contributed by atoms with Crippen LogP contribution in [0.4, 0.5) is 0 Å². The van der Waals surface area contributed by atoms with Crippen molar-refractivity contribution in [1.82, 2.24) is 0 Å². The number of aryl methyl sites for hydroxylation is 1. The van der Waals surface area contributed by atoms with Crippen LogP contribution in [0.25, 0.3) is 0 Å². The molecular weight excluding hydrogens is 384 g/mol. The summed E-state index contributed by atoms with van der Waals surface area (Å²) < 4.78 is 35.0. The van der Waals surface area contributed by atoms with Gasteiger partial charge in [0.25, 0.3) is 0 Å². The number of carbonyl (C=O) groups excluding carboxylic acids is 1. The number of Topliss-reactive ketones (excluding diaryl/α,β-unsaturated/α-hetero) is 1. The first-order valence-electron chi connectivity index (χ1n) is 6.65. The maximum absolute atomic E-state index is 12.4. The molecule has 0 aliphatic heterocycles. The summed E-state index contributed by atoms with van der Waals surface area (Å²) in [6.07, 6.45) is 0. The first kappa shape index (κ1) is 17.5. The van der Waals surface area contributed by atoms with Crippen molar-refractivity contribution in [3.63, 3.8) is 0 Å². The fraction of sp³-hybridized carbons (Fsp3) is 0.188. The highest BCUT2D eigenvalue weighted by Crippen LogP contribution is 2.28. The normalized spacial score (nSPS) is 11.1. The van der Waals surface area contributed by atoms with Gasteiger partial charge in [0.2, 0.25) is 0 Å². The van der Waals surface area contributed by atoms with E-state index in [2.05, 4.69) is 15.9 Å². The molecule has 0 aliphatic rings. The molecule has 0 bridgehead atoms. The fourth-order valence-electron chi connectivity index (χ4n) is 1.87. The molecule has 2 aromatic carbocycles. The largest absolute Gasteiger partial charge is 0.497 e. The molecule has 5 nitrogen and oxygen atoms in total. The maximum Gasteiger partial charge on any atom is 0.339 e. The van der Waals surface area contributed by atoms with Gasteiger partial charge in [-0.05, 0) is 31.2 Å². The Balaban J connectivity index is 2.44. The Kier molecular flexibility index (Phi) is 5.43. The number of methoxy groups -OCH3 is 1. The molecular formula is C16H15BrO5S. The van der Waals surface area contributed by atoms with E-state index in [9.17, 15) is 13.2 Å². The van der Waals surface area contributed by atoms with Gasteiger partial charge >= 0.3 is 10.1 Å². The number of halogens is 1. The van der Waals surface area contributed by atoms with E-state index < -0.39 is 10.1 Å². The zero-order valence-electron chi connectivity index (χ0n) is 12.6. The summed E-state index contributed by atoms with van der Waals surface area (Å²) in [5, 5.41) is 0.0558. The lowest BCUT2D eigenvalue weighted by atomic mass is 10.1. The van der Waals surface area contributed by atoms with E-state index >= 15 is 0 Å². The van der Waals surface area contributed by atoms with Gasteiger partial charge in [-0.15, -0.1) is 0 Å². The molecule has 2 rings (SSSR count). The Bertz CT molecular complexity index is 813. The molecule has 23 heavy (non-hydrogen) atoms. The second-order valence-corrected chi connectivity index (χ2v) is 6.88. The van der Waals surface area contributed by atoms with Crippen LogP contribution in [0.3, 0.4) is 0 Å². The second kappa shape index (κ2) is 7.14. The van der Waals surface area contributed by atoms with Crippen molar-refractivity contribution in [3.8, 4) is 11.5 Å². The summed E-state index contributed by atoms with van der Waals surface area (Å²) in [6, 6.07) is 10.7. The smallest absolute Gasteiger partial charge is 0.339 e. The number of hydrogen-bond acceptors (Lipinski definition) is 5. The third-order valence-electron chi connectivity index (χ3n) is 3.12. The minimum atomic E-state index is -4.04. The second-order valence-electron chi connectivity index (χ2n) is 4.77. The third-order valence-corrected chi connectivity index (χ3v) is 4.88. The van der Waals surface area contributed by atoms with Crippen LogP contribution in [0, 0.1) is 6.92 Å². The predicted octanol–water partition coefficient (Wildman–Crippen LogP) is 3.35. The van der Waals surface area contributed by atoms with Crippen LogP contribution >= 0.6 is 15.9 Å². The molecule has 0 spiro atoms. The van der Waals surface area contributed by atoms with Crippen LogP contribution in [0.15, 0.2) is 47.4 Å². The maximum atomic E-state index is 12.4. The average Bonchev–Trinajstić information content (AvgIpc) is 2.54. The summed E-state index contributed by atoms with van der Waals surface area (Å²) in [6.45, 7) is 1.85. The summed E-state index contributed by atoms with van der Waals surface area (Å²) >= 11 is 3.07. The zero-order chi connectivity index (χ0) is 17.0. The number of ether oxygens (including phenoxy) is 1. The summed E-state index contributed by atoms with van der Waals surface area (Å²) in [4.78, 5) is 12.0. The van der Waals surface area contributed by atoms with E-state index in [-0.39, 0.29) is 27.3 Å². The molecule has 0 atom stereocenters. The van der Waals surface area contributed by atoms with E-state index in [0.29, 0.717) is 5.75 Å². The van der Waals surface area contributed by atoms with Crippen LogP contribution in [-0.4, -0.2) is 26.6 Å². The van der Waals surface area contributed by atoms with Gasteiger partial charge in [-0.2, -0.15) is 8.42 Å². The van der Waals surface area contributed by atoms with Crippen LogP contribution in [0.2, 0.25) is 0 Å². The molecule has 0 aromatic heterocycles. The molecule has 0 aliphatic carbocycles. The number of alkyl halides is 1. The van der Waals surface area contributed by atoms with Crippen molar-refractivity contribution in [3.05, 3.63) is 53.6 Å². The fourth-order valence-corrected chi connectivity index (χ4v) is 3.11. The minimum Gasteiger partial charge on any atom is -0.497 e. The van der Waals surface area contributed by atoms with Gasteiger partial charge in [0.1, 0.15) is 10.6 Å². The average molecular weight is 399 g/mol. The lowest BCUT2D eigenvalue weighted by Crippen LogP contribution is -2.13. The molecule has 2 aromatic rings. The standard InChI is InChI=1S/C16H15BrO5S/c1-11-3-6-13(7-4-11)23(19,20)22-16-9-12(21-2)5-8-14(16)15(18)10-17/h3-9H,10H2,1-2H3. The monoisotopic (exact) mass is 398 g/mol. The number of ketones is 1. The number of benzene rings is 2. The molecule has 0 N–H and O–H groups in total. The molecule has 122 valence electrons. The van der Waals surface area contributed by atoms with Crippen molar-refractivity contribution < 1.29 is 22.1 Å². The van der Waals surface area contributed by atoms with Gasteiger partial charge in [0.15, 0.2) is 11.5 Å². The Morgan fingerprint density at radius 3 is 2.35 bits per heavy atom. The molecule has 0 saturated carbocycles. The van der Waals surface area contributed by atoms with Crippen LogP contribution < -0.4 is 8.92 Å². The van der Waals surface area contributed by atoms with Crippen molar-refractivity contribution in [2.75, 3.05) is 12.4 Å². The van der Waals surface area contributed by atoms with Gasteiger partial charge in [-0.1, -0.05) is 33.6 Å². The number of hydrogen-bond donors (Lipinski definition) is 0. The predicted molar refractivity (Wildman–Crippen MR) is 90.1 cm³/mol. The van der Waals surface area contributed by atoms with Gasteiger partial charge in [-0.25, -0.2) is 0 Å². The Labute approximate surface area is 143 Å². The minimum absolute atomic E-state index is 0.0168. The van der Waals surface area contributed by atoms with Crippen molar-refractivity contribution in [2.24, 2.45) is 0 Å². The number of carbonyl (C=O) groups is 1. The molecule has 7 heteroatoms. The molecule has 0 unspecified atom stereocenters. The van der Waals surface area contributed by atoms with Crippen molar-refractivity contribution >= 4 is 31.8 Å². The summed E-state index contributed by atoms with van der Waals surface area (Å²) in [5.41, 5.74) is 1.10. The van der Waals surface area contributed by atoms with Gasteiger partial charge < -0.3 is 8.92 Å². The topological polar surface area (TPSA) is 69.7 Å². The van der Waals surface area contributed by atoms with Gasteiger partial charge in [0, 0.05) is 6.07 Å². The Morgan fingerprint density at radius 2 is 1.78 bits per heavy atom. The van der Waals surface area contributed by atoms with Crippen LogP contribution in [0.1, 0.15) is 15.9 Å². The highest BCUT2D eigenvalue weighted by molar-refractivity contribution is 9.09. The molecule has 0 saturated heterocycles. The lowest BCUT2D eigenvalue weighted by Gasteiger charge is -2.12. The zero-order valence-corrected chi connectivity index (χ0v) is 15.0. The van der Waals surface area contributed by atoms with E-state index in [1.807, 2.05) is 6.92 Å². The Morgan fingerprint density at radius 1 is 1.13 bits per heavy atom. The lowest BCUT2D eigenvalue weighted by molar-refractivity contribution is 0.102. The van der Waals surface area contributed by atoms with Crippen molar-refractivity contribution in [2.45, 2.75) is 11.8 Å². The van der Waals surface area contributed by atoms with E-state index in [4.69, 9.17) is 8.92 Å². The first-order valence-corrected chi connectivity index (χ1v) is 9.18. The quantitative estimate of drug-likeness (QED) is 0.423. The highest BCUT2D eigenvalue weighted by Gasteiger charge is 2.21. The molecule has 0 fully saturated rings. The van der Waals surface area contributed by atoms with E-state index in [1.54, 1.807) is 18.2 Å². The summed E-state index contributed by atoms with van der Waals surface area (Å²) in [5.74, 6) is 0.0429. The third kappa shape index (κ3) is 4.11. The van der Waals surface area contributed by atoms with E-state index in [0.717, 1.165) is 5.56 Å². The van der Waals surface area contributed by atoms with E-state index in [1.165, 1.54) is 31.4 Å². The van der Waals surface area contributed by atoms with Gasteiger partial charge in [0.05, 0.1) is 18.0 Å². The summed E-state index contributed by atoms with van der Waals surface area (Å²) in [7, 11) is -2.60. The molecule has 0 radical (unpaired) electrons. The van der Waals surface area contributed by atoms with Crippen LogP contribution in [-0.2, 0) is 10.1 Å². The molecule has 0 heterocycles.